The fraction of sp³-hybridized carbons (Fsp3) is 0.348. The molecule has 1 saturated heterocycles. The number of anilines is 2. The van der Waals surface area contributed by atoms with Crippen molar-refractivity contribution < 1.29 is 14.3 Å². The summed E-state index contributed by atoms with van der Waals surface area (Å²) in [6, 6.07) is 9.79. The average molecular weight is 404 g/mol. The maximum Gasteiger partial charge on any atom is 0.257 e. The predicted octanol–water partition coefficient (Wildman–Crippen LogP) is 4.43. The molecule has 0 unspecified atom stereocenters. The van der Waals surface area contributed by atoms with Crippen molar-refractivity contribution in [2.75, 3.05) is 18.7 Å². The van der Waals surface area contributed by atoms with Crippen molar-refractivity contribution in [2.24, 2.45) is 0 Å². The van der Waals surface area contributed by atoms with Crippen molar-refractivity contribution in [1.82, 2.24) is 14.9 Å². The van der Waals surface area contributed by atoms with E-state index < -0.39 is 0 Å². The Bertz CT molecular complexity index is 1130. The van der Waals surface area contributed by atoms with Gasteiger partial charge >= 0.3 is 0 Å². The maximum atomic E-state index is 13.5. The van der Waals surface area contributed by atoms with Gasteiger partial charge in [0.2, 0.25) is 6.79 Å². The molecule has 0 spiro atoms. The van der Waals surface area contributed by atoms with E-state index in [4.69, 9.17) is 9.47 Å². The first-order chi connectivity index (χ1) is 14.6. The number of aromatic nitrogens is 2. The Labute approximate surface area is 175 Å². The van der Waals surface area contributed by atoms with E-state index in [1.54, 1.807) is 6.20 Å². The van der Waals surface area contributed by atoms with Gasteiger partial charge in [0, 0.05) is 41.6 Å². The number of fused-ring (bicyclic) bond motifs is 2. The lowest BCUT2D eigenvalue weighted by Gasteiger charge is -2.34. The first kappa shape index (κ1) is 18.7. The molecule has 1 N–H and O–H groups in total. The summed E-state index contributed by atoms with van der Waals surface area (Å²) in [6.45, 7) is 5.03. The average Bonchev–Trinajstić information content (AvgIpc) is 3.21. The van der Waals surface area contributed by atoms with Crippen LogP contribution >= 0.6 is 0 Å². The molecule has 7 heteroatoms. The third-order valence-corrected chi connectivity index (χ3v) is 5.81. The number of likely N-dealkylation sites (tertiary alicyclic amines) is 1. The first-order valence-corrected chi connectivity index (χ1v) is 10.3. The second-order valence-corrected chi connectivity index (χ2v) is 7.91. The van der Waals surface area contributed by atoms with Crippen LogP contribution in [-0.2, 0) is 0 Å². The third-order valence-electron chi connectivity index (χ3n) is 5.81. The van der Waals surface area contributed by atoms with Gasteiger partial charge in [-0.3, -0.25) is 4.79 Å². The highest BCUT2D eigenvalue weighted by Crippen LogP contribution is 2.37. The van der Waals surface area contributed by atoms with Crippen molar-refractivity contribution in [3.63, 3.8) is 0 Å². The van der Waals surface area contributed by atoms with E-state index in [2.05, 4.69) is 22.2 Å². The van der Waals surface area contributed by atoms with Crippen molar-refractivity contribution in [2.45, 2.75) is 39.2 Å². The molecule has 3 aromatic rings. The normalized spacial score (nSPS) is 17.9. The summed E-state index contributed by atoms with van der Waals surface area (Å²) < 4.78 is 10.9. The molecule has 2 aliphatic rings. The van der Waals surface area contributed by atoms with Gasteiger partial charge in [-0.2, -0.15) is 0 Å². The molecule has 2 aliphatic heterocycles. The van der Waals surface area contributed by atoms with Crippen LogP contribution in [0.25, 0.3) is 11.0 Å². The van der Waals surface area contributed by atoms with Crippen LogP contribution in [0.2, 0.25) is 0 Å². The minimum absolute atomic E-state index is 0.000387. The van der Waals surface area contributed by atoms with Crippen molar-refractivity contribution in [3.8, 4) is 11.5 Å². The maximum absolute atomic E-state index is 13.5. The van der Waals surface area contributed by atoms with Crippen LogP contribution in [0.1, 0.15) is 42.2 Å². The van der Waals surface area contributed by atoms with E-state index in [-0.39, 0.29) is 18.7 Å². The molecule has 4 heterocycles. The Morgan fingerprint density at radius 2 is 2.03 bits per heavy atom. The van der Waals surface area contributed by atoms with Gasteiger partial charge in [-0.05, 0) is 57.4 Å². The fourth-order valence-corrected chi connectivity index (χ4v) is 4.14. The summed E-state index contributed by atoms with van der Waals surface area (Å²) in [5.41, 5.74) is 3.58. The highest BCUT2D eigenvalue weighted by atomic mass is 16.7. The van der Waals surface area contributed by atoms with Gasteiger partial charge in [-0.1, -0.05) is 0 Å². The zero-order valence-corrected chi connectivity index (χ0v) is 17.1. The van der Waals surface area contributed by atoms with E-state index in [1.165, 1.54) is 0 Å². The number of aryl methyl sites for hydroxylation is 1. The van der Waals surface area contributed by atoms with Crippen molar-refractivity contribution >= 4 is 28.3 Å². The number of amides is 1. The van der Waals surface area contributed by atoms with Gasteiger partial charge in [0.05, 0.1) is 11.3 Å². The molecule has 1 aromatic carbocycles. The number of hydrogen-bond acceptors (Lipinski definition) is 6. The summed E-state index contributed by atoms with van der Waals surface area (Å²) in [7, 11) is 0. The Hall–Kier alpha value is -3.35. The molecule has 2 aromatic heterocycles. The molecule has 0 saturated carbocycles. The summed E-state index contributed by atoms with van der Waals surface area (Å²) >= 11 is 0. The number of carbonyl (C=O) groups excluding carboxylic acids is 1. The Morgan fingerprint density at radius 3 is 2.90 bits per heavy atom. The molecular weight excluding hydrogens is 380 g/mol. The van der Waals surface area contributed by atoms with Crippen LogP contribution in [0.4, 0.5) is 11.4 Å². The number of pyridine rings is 2. The Balaban J connectivity index is 1.60. The third kappa shape index (κ3) is 3.30. The molecular formula is C23H24N4O3. The molecule has 5 rings (SSSR count). The van der Waals surface area contributed by atoms with E-state index in [9.17, 15) is 4.79 Å². The summed E-state index contributed by atoms with van der Waals surface area (Å²) in [4.78, 5) is 24.5. The summed E-state index contributed by atoms with van der Waals surface area (Å²) in [5.74, 6) is 1.40. The monoisotopic (exact) mass is 404 g/mol. The highest BCUT2D eigenvalue weighted by molar-refractivity contribution is 6.07. The molecule has 7 nitrogen and oxygen atoms in total. The SMILES string of the molecule is Cc1ccc2c(Nc3ccc4c(c3)OCO4)c(C(=O)N3CCCC[C@@H]3C)cnc2n1. The molecule has 1 amide bonds. The molecule has 1 fully saturated rings. The van der Waals surface area contributed by atoms with E-state index >= 15 is 0 Å². The van der Waals surface area contributed by atoms with Crippen LogP contribution in [-0.4, -0.2) is 40.2 Å². The molecule has 1 atom stereocenters. The zero-order chi connectivity index (χ0) is 20.7. The van der Waals surface area contributed by atoms with Gasteiger partial charge in [0.1, 0.15) is 0 Å². The number of benzene rings is 1. The van der Waals surface area contributed by atoms with Gasteiger partial charge in [0.25, 0.3) is 5.91 Å². The minimum atomic E-state index is 0.000387. The lowest BCUT2D eigenvalue weighted by atomic mass is 10.0. The van der Waals surface area contributed by atoms with Crippen LogP contribution in [0.15, 0.2) is 36.5 Å². The largest absolute Gasteiger partial charge is 0.454 e. The smallest absolute Gasteiger partial charge is 0.257 e. The quantitative estimate of drug-likeness (QED) is 0.696. The van der Waals surface area contributed by atoms with Crippen LogP contribution in [0.3, 0.4) is 0 Å². The van der Waals surface area contributed by atoms with E-state index in [1.807, 2.05) is 42.2 Å². The number of nitrogens with one attached hydrogen (secondary N) is 1. The lowest BCUT2D eigenvalue weighted by Crippen LogP contribution is -2.42. The van der Waals surface area contributed by atoms with Gasteiger partial charge < -0.3 is 19.7 Å². The second kappa shape index (κ2) is 7.48. The molecule has 0 aliphatic carbocycles. The Kier molecular flexibility index (Phi) is 4.65. The summed E-state index contributed by atoms with van der Waals surface area (Å²) in [5, 5.41) is 4.25. The van der Waals surface area contributed by atoms with Crippen molar-refractivity contribution in [3.05, 3.63) is 47.8 Å². The zero-order valence-electron chi connectivity index (χ0n) is 17.1. The van der Waals surface area contributed by atoms with Crippen LogP contribution in [0, 0.1) is 6.92 Å². The molecule has 0 radical (unpaired) electrons. The number of nitrogens with zero attached hydrogens (tertiary/aromatic N) is 3. The minimum Gasteiger partial charge on any atom is -0.454 e. The summed E-state index contributed by atoms with van der Waals surface area (Å²) in [6.07, 6.45) is 4.86. The number of carbonyl (C=O) groups is 1. The second-order valence-electron chi connectivity index (χ2n) is 7.91. The highest BCUT2D eigenvalue weighted by Gasteiger charge is 2.27. The molecule has 30 heavy (non-hydrogen) atoms. The molecule has 154 valence electrons. The lowest BCUT2D eigenvalue weighted by molar-refractivity contribution is 0.0636. The first-order valence-electron chi connectivity index (χ1n) is 10.3. The van der Waals surface area contributed by atoms with E-state index in [0.29, 0.717) is 22.6 Å². The topological polar surface area (TPSA) is 76.6 Å². The van der Waals surface area contributed by atoms with Crippen molar-refractivity contribution in [1.29, 1.82) is 0 Å². The predicted molar refractivity (Wildman–Crippen MR) is 114 cm³/mol. The van der Waals surface area contributed by atoms with Crippen LogP contribution < -0.4 is 14.8 Å². The number of rotatable bonds is 3. The van der Waals surface area contributed by atoms with Gasteiger partial charge in [0.15, 0.2) is 17.1 Å². The Morgan fingerprint density at radius 1 is 1.17 bits per heavy atom. The number of piperidine rings is 1. The standard InChI is InChI=1S/C23H24N4O3/c1-14-6-8-17-21(26-16-7-9-19-20(11-16)30-13-29-19)18(12-24-22(17)25-14)23(28)27-10-4-3-5-15(27)2/h6-9,11-12,15H,3-5,10,13H2,1-2H3,(H,24,25,26)/t15-/m0/s1. The van der Waals surface area contributed by atoms with Crippen LogP contribution in [0.5, 0.6) is 11.5 Å². The number of ether oxygens (including phenoxy) is 2. The van der Waals surface area contributed by atoms with Gasteiger partial charge in [-0.25, -0.2) is 9.97 Å². The van der Waals surface area contributed by atoms with E-state index in [0.717, 1.165) is 48.3 Å². The number of hydrogen-bond donors (Lipinski definition) is 1. The van der Waals surface area contributed by atoms with Gasteiger partial charge in [-0.15, -0.1) is 0 Å². The fourth-order valence-electron chi connectivity index (χ4n) is 4.14. The molecule has 0 bridgehead atoms.